The summed E-state index contributed by atoms with van der Waals surface area (Å²) in [7, 11) is 1.86. The van der Waals surface area contributed by atoms with Crippen molar-refractivity contribution in [2.24, 2.45) is 7.05 Å². The van der Waals surface area contributed by atoms with Crippen molar-refractivity contribution in [2.45, 2.75) is 26.7 Å². The molecule has 0 fully saturated rings. The number of amides is 1. The van der Waals surface area contributed by atoms with Gasteiger partial charge in [0.2, 0.25) is 5.91 Å². The van der Waals surface area contributed by atoms with Gasteiger partial charge in [-0.15, -0.1) is 0 Å². The SMILES string of the molecule is Cc1nn(C)c(C)c1CC(=O)N1CCc2cccc(F)c21. The molecule has 0 unspecified atom stereocenters. The van der Waals surface area contributed by atoms with Crippen LogP contribution in [-0.2, 0) is 24.7 Å². The third-order valence-electron chi connectivity index (χ3n) is 4.23. The first-order valence-electron chi connectivity index (χ1n) is 7.06. The molecule has 110 valence electrons. The molecule has 0 radical (unpaired) electrons. The van der Waals surface area contributed by atoms with Crippen LogP contribution in [0.2, 0.25) is 0 Å². The predicted molar refractivity (Wildman–Crippen MR) is 78.8 cm³/mol. The van der Waals surface area contributed by atoms with E-state index < -0.39 is 0 Å². The molecule has 4 nitrogen and oxygen atoms in total. The van der Waals surface area contributed by atoms with Crippen LogP contribution in [0.1, 0.15) is 22.5 Å². The zero-order valence-electron chi connectivity index (χ0n) is 12.5. The highest BCUT2D eigenvalue weighted by Crippen LogP contribution is 2.31. The molecular weight excluding hydrogens is 269 g/mol. The van der Waals surface area contributed by atoms with E-state index in [1.54, 1.807) is 15.6 Å². The molecule has 0 saturated carbocycles. The summed E-state index contributed by atoms with van der Waals surface area (Å²) in [6.07, 6.45) is 0.975. The lowest BCUT2D eigenvalue weighted by molar-refractivity contribution is -0.117. The second kappa shape index (κ2) is 4.98. The second-order valence-electron chi connectivity index (χ2n) is 5.49. The number of nitrogens with zero attached hydrogens (tertiary/aromatic N) is 3. The van der Waals surface area contributed by atoms with Gasteiger partial charge in [0.1, 0.15) is 5.82 Å². The Morgan fingerprint density at radius 1 is 1.38 bits per heavy atom. The van der Waals surface area contributed by atoms with E-state index in [0.29, 0.717) is 18.7 Å². The van der Waals surface area contributed by atoms with Crippen LogP contribution in [0.5, 0.6) is 0 Å². The average Bonchev–Trinajstić information content (AvgIpc) is 2.97. The molecule has 2 heterocycles. The van der Waals surface area contributed by atoms with Gasteiger partial charge in [-0.3, -0.25) is 9.48 Å². The van der Waals surface area contributed by atoms with E-state index in [0.717, 1.165) is 22.5 Å². The highest BCUT2D eigenvalue weighted by atomic mass is 19.1. The quantitative estimate of drug-likeness (QED) is 0.850. The molecule has 0 spiro atoms. The Labute approximate surface area is 123 Å². The van der Waals surface area contributed by atoms with E-state index in [1.165, 1.54) is 6.07 Å². The minimum Gasteiger partial charge on any atom is -0.309 e. The lowest BCUT2D eigenvalue weighted by Crippen LogP contribution is -2.31. The summed E-state index contributed by atoms with van der Waals surface area (Å²) >= 11 is 0. The van der Waals surface area contributed by atoms with Crippen molar-refractivity contribution in [1.82, 2.24) is 9.78 Å². The van der Waals surface area contributed by atoms with Crippen molar-refractivity contribution in [3.63, 3.8) is 0 Å². The van der Waals surface area contributed by atoms with Gasteiger partial charge in [-0.05, 0) is 31.9 Å². The number of benzene rings is 1. The first-order valence-corrected chi connectivity index (χ1v) is 7.06. The van der Waals surface area contributed by atoms with Crippen LogP contribution in [-0.4, -0.2) is 22.2 Å². The van der Waals surface area contributed by atoms with Crippen molar-refractivity contribution in [3.05, 3.63) is 46.5 Å². The smallest absolute Gasteiger partial charge is 0.231 e. The maximum Gasteiger partial charge on any atom is 0.231 e. The van der Waals surface area contributed by atoms with Crippen LogP contribution >= 0.6 is 0 Å². The molecule has 1 aliphatic rings. The van der Waals surface area contributed by atoms with E-state index in [1.807, 2.05) is 27.0 Å². The number of carbonyl (C=O) groups excluding carboxylic acids is 1. The molecule has 5 heteroatoms. The first kappa shape index (κ1) is 13.8. The van der Waals surface area contributed by atoms with Gasteiger partial charge < -0.3 is 4.90 Å². The Hall–Kier alpha value is -2.17. The largest absolute Gasteiger partial charge is 0.309 e. The Morgan fingerprint density at radius 3 is 2.81 bits per heavy atom. The van der Waals surface area contributed by atoms with Crippen LogP contribution < -0.4 is 4.90 Å². The molecule has 0 aliphatic carbocycles. The molecule has 0 saturated heterocycles. The zero-order chi connectivity index (χ0) is 15.1. The van der Waals surface area contributed by atoms with Crippen molar-refractivity contribution < 1.29 is 9.18 Å². The Bertz CT molecular complexity index is 721. The van der Waals surface area contributed by atoms with E-state index in [9.17, 15) is 9.18 Å². The molecule has 0 bridgehead atoms. The standard InChI is InChI=1S/C16H18FN3O/c1-10-13(11(2)19(3)18-10)9-15(21)20-8-7-12-5-4-6-14(17)16(12)20/h4-6H,7-9H2,1-3H3. The predicted octanol–water partition coefficient (Wildman–Crippen LogP) is 2.31. The van der Waals surface area contributed by atoms with Crippen molar-refractivity contribution >= 4 is 11.6 Å². The summed E-state index contributed by atoms with van der Waals surface area (Å²) in [4.78, 5) is 14.1. The highest BCUT2D eigenvalue weighted by molar-refractivity contribution is 5.97. The van der Waals surface area contributed by atoms with Gasteiger partial charge in [-0.1, -0.05) is 12.1 Å². The maximum absolute atomic E-state index is 14.0. The zero-order valence-corrected chi connectivity index (χ0v) is 12.5. The summed E-state index contributed by atoms with van der Waals surface area (Å²) in [5.41, 5.74) is 4.13. The summed E-state index contributed by atoms with van der Waals surface area (Å²) in [5.74, 6) is -0.393. The molecule has 21 heavy (non-hydrogen) atoms. The molecule has 1 aliphatic heterocycles. The molecular formula is C16H18FN3O. The second-order valence-corrected chi connectivity index (χ2v) is 5.49. The number of halogens is 1. The Balaban J connectivity index is 1.89. The first-order chi connectivity index (χ1) is 9.99. The van der Waals surface area contributed by atoms with Crippen molar-refractivity contribution in [3.8, 4) is 0 Å². The third-order valence-corrected chi connectivity index (χ3v) is 4.23. The fraction of sp³-hybridized carbons (Fsp3) is 0.375. The van der Waals surface area contributed by atoms with Crippen LogP contribution in [0, 0.1) is 19.7 Å². The number of para-hydroxylation sites is 1. The van der Waals surface area contributed by atoms with E-state index >= 15 is 0 Å². The number of hydrogen-bond acceptors (Lipinski definition) is 2. The van der Waals surface area contributed by atoms with Crippen LogP contribution in [0.3, 0.4) is 0 Å². The maximum atomic E-state index is 14.0. The average molecular weight is 287 g/mol. The number of hydrogen-bond donors (Lipinski definition) is 0. The summed E-state index contributed by atoms with van der Waals surface area (Å²) in [6, 6.07) is 4.98. The van der Waals surface area contributed by atoms with Gasteiger partial charge in [0.25, 0.3) is 0 Å². The van der Waals surface area contributed by atoms with Crippen LogP contribution in [0.4, 0.5) is 10.1 Å². The molecule has 0 atom stereocenters. The number of carbonyl (C=O) groups is 1. The fourth-order valence-corrected chi connectivity index (χ4v) is 2.98. The van der Waals surface area contributed by atoms with E-state index in [-0.39, 0.29) is 18.1 Å². The van der Waals surface area contributed by atoms with Crippen LogP contribution in [0.15, 0.2) is 18.2 Å². The van der Waals surface area contributed by atoms with Crippen LogP contribution in [0.25, 0.3) is 0 Å². The number of aromatic nitrogens is 2. The molecule has 2 aromatic rings. The lowest BCUT2D eigenvalue weighted by atomic mass is 10.1. The van der Waals surface area contributed by atoms with Gasteiger partial charge in [0, 0.05) is 24.8 Å². The molecule has 1 aromatic heterocycles. The molecule has 0 N–H and O–H groups in total. The van der Waals surface area contributed by atoms with Gasteiger partial charge in [-0.2, -0.15) is 5.10 Å². The number of aryl methyl sites for hydroxylation is 2. The summed E-state index contributed by atoms with van der Waals surface area (Å²) < 4.78 is 15.8. The molecule has 1 aromatic carbocycles. The minimum absolute atomic E-state index is 0.0712. The minimum atomic E-state index is -0.321. The number of rotatable bonds is 2. The summed E-state index contributed by atoms with van der Waals surface area (Å²) in [6.45, 7) is 4.39. The lowest BCUT2D eigenvalue weighted by Gasteiger charge is -2.18. The van der Waals surface area contributed by atoms with E-state index in [2.05, 4.69) is 5.10 Å². The highest BCUT2D eigenvalue weighted by Gasteiger charge is 2.28. The van der Waals surface area contributed by atoms with Gasteiger partial charge >= 0.3 is 0 Å². The number of anilines is 1. The van der Waals surface area contributed by atoms with Gasteiger partial charge in [0.05, 0.1) is 17.8 Å². The third kappa shape index (κ3) is 2.22. The topological polar surface area (TPSA) is 38.1 Å². The Morgan fingerprint density at radius 2 is 2.14 bits per heavy atom. The molecule has 3 rings (SSSR count). The monoisotopic (exact) mass is 287 g/mol. The van der Waals surface area contributed by atoms with E-state index in [4.69, 9.17) is 0 Å². The van der Waals surface area contributed by atoms with Gasteiger partial charge in [-0.25, -0.2) is 4.39 Å². The molecule has 1 amide bonds. The number of fused-ring (bicyclic) bond motifs is 1. The van der Waals surface area contributed by atoms with Crippen molar-refractivity contribution in [2.75, 3.05) is 11.4 Å². The fourth-order valence-electron chi connectivity index (χ4n) is 2.98. The normalized spacial score (nSPS) is 13.6. The summed E-state index contributed by atoms with van der Waals surface area (Å²) in [5, 5.41) is 4.32. The van der Waals surface area contributed by atoms with Crippen molar-refractivity contribution in [1.29, 1.82) is 0 Å². The van der Waals surface area contributed by atoms with Gasteiger partial charge in [0.15, 0.2) is 0 Å². The Kier molecular flexibility index (Phi) is 3.27.